The van der Waals surface area contributed by atoms with Crippen LogP contribution < -0.4 is 10.6 Å². The molecule has 7 heteroatoms. The zero-order valence-corrected chi connectivity index (χ0v) is 10.9. The molecule has 0 saturated heterocycles. The number of aromatic amines is 2. The summed E-state index contributed by atoms with van der Waals surface area (Å²) >= 11 is 0. The zero-order chi connectivity index (χ0) is 13.2. The molecule has 2 heterocycles. The number of imidazole rings is 2. The summed E-state index contributed by atoms with van der Waals surface area (Å²) in [5.41, 5.74) is 2.17. The van der Waals surface area contributed by atoms with Gasteiger partial charge in [0.05, 0.1) is 25.9 Å². The van der Waals surface area contributed by atoms with Gasteiger partial charge in [-0.05, 0) is 0 Å². The summed E-state index contributed by atoms with van der Waals surface area (Å²) in [4.78, 5) is 14.0. The van der Waals surface area contributed by atoms with Gasteiger partial charge in [-0.15, -0.1) is 0 Å². The van der Waals surface area contributed by atoms with Crippen LogP contribution in [0.5, 0.6) is 0 Å². The van der Waals surface area contributed by atoms with Crippen LogP contribution in [0.3, 0.4) is 0 Å². The maximum atomic E-state index is 5.50. The number of nitrogens with one attached hydrogen (secondary N) is 4. The van der Waals surface area contributed by atoms with Crippen molar-refractivity contribution < 1.29 is 4.74 Å². The van der Waals surface area contributed by atoms with E-state index < -0.39 is 0 Å². The molecular weight excluding hydrogens is 244 g/mol. The highest BCUT2D eigenvalue weighted by Gasteiger charge is 1.94. The molecule has 0 fully saturated rings. The molecule has 2 aromatic rings. The van der Waals surface area contributed by atoms with Crippen molar-refractivity contribution in [3.8, 4) is 0 Å². The lowest BCUT2D eigenvalue weighted by atomic mass is 10.4. The first-order valence-corrected chi connectivity index (χ1v) is 6.39. The molecule has 0 atom stereocenters. The topological polar surface area (TPSA) is 90.7 Å². The predicted molar refractivity (Wildman–Crippen MR) is 71.4 cm³/mol. The Kier molecular flexibility index (Phi) is 6.08. The highest BCUT2D eigenvalue weighted by molar-refractivity contribution is 4.93. The third-order valence-electron chi connectivity index (χ3n) is 2.59. The first kappa shape index (κ1) is 13.7. The number of rotatable bonds is 10. The predicted octanol–water partition coefficient (Wildman–Crippen LogP) is 0.0288. The van der Waals surface area contributed by atoms with Crippen molar-refractivity contribution in [2.45, 2.75) is 13.1 Å². The van der Waals surface area contributed by atoms with E-state index >= 15 is 0 Å². The lowest BCUT2D eigenvalue weighted by Gasteiger charge is -2.06. The van der Waals surface area contributed by atoms with E-state index in [1.54, 1.807) is 12.7 Å². The minimum absolute atomic E-state index is 0.708. The third-order valence-corrected chi connectivity index (χ3v) is 2.59. The monoisotopic (exact) mass is 264 g/mol. The van der Waals surface area contributed by atoms with Gasteiger partial charge in [0.1, 0.15) is 0 Å². The van der Waals surface area contributed by atoms with E-state index in [0.717, 1.165) is 37.6 Å². The molecule has 0 unspecified atom stereocenters. The summed E-state index contributed by atoms with van der Waals surface area (Å²) < 4.78 is 5.50. The molecule has 2 aromatic heterocycles. The highest BCUT2D eigenvalue weighted by atomic mass is 16.5. The van der Waals surface area contributed by atoms with Crippen molar-refractivity contribution in [2.24, 2.45) is 0 Å². The normalized spacial score (nSPS) is 10.9. The van der Waals surface area contributed by atoms with E-state index in [2.05, 4.69) is 30.6 Å². The molecule has 0 saturated carbocycles. The molecule has 19 heavy (non-hydrogen) atoms. The van der Waals surface area contributed by atoms with Crippen molar-refractivity contribution in [3.63, 3.8) is 0 Å². The van der Waals surface area contributed by atoms with Crippen LogP contribution in [-0.4, -0.2) is 46.2 Å². The Bertz CT molecular complexity index is 373. The molecule has 0 aliphatic heterocycles. The number of nitrogens with zero attached hydrogens (tertiary/aromatic N) is 2. The maximum absolute atomic E-state index is 5.50. The second-order valence-electron chi connectivity index (χ2n) is 4.12. The second kappa shape index (κ2) is 8.41. The van der Waals surface area contributed by atoms with Gasteiger partial charge < -0.3 is 25.3 Å². The average Bonchev–Trinajstić information content (AvgIpc) is 3.10. The minimum Gasteiger partial charge on any atom is -0.379 e. The zero-order valence-electron chi connectivity index (χ0n) is 10.9. The van der Waals surface area contributed by atoms with Crippen molar-refractivity contribution in [1.29, 1.82) is 0 Å². The molecule has 0 aliphatic carbocycles. The number of H-pyrrole nitrogens is 2. The molecule has 2 rings (SSSR count). The van der Waals surface area contributed by atoms with E-state index in [0.29, 0.717) is 13.2 Å². The molecule has 0 radical (unpaired) electrons. The van der Waals surface area contributed by atoms with Crippen LogP contribution in [0.25, 0.3) is 0 Å². The Balaban J connectivity index is 1.36. The summed E-state index contributed by atoms with van der Waals surface area (Å²) in [6, 6.07) is 0. The largest absolute Gasteiger partial charge is 0.379 e. The van der Waals surface area contributed by atoms with Gasteiger partial charge in [0.15, 0.2) is 0 Å². The van der Waals surface area contributed by atoms with Crippen molar-refractivity contribution in [3.05, 3.63) is 36.4 Å². The summed E-state index contributed by atoms with van der Waals surface area (Å²) in [6.07, 6.45) is 6.98. The number of aromatic nitrogens is 4. The van der Waals surface area contributed by atoms with Crippen LogP contribution >= 0.6 is 0 Å². The van der Waals surface area contributed by atoms with Gasteiger partial charge in [-0.3, -0.25) is 0 Å². The Morgan fingerprint density at radius 3 is 1.84 bits per heavy atom. The lowest BCUT2D eigenvalue weighted by molar-refractivity contribution is 0.137. The van der Waals surface area contributed by atoms with Gasteiger partial charge in [-0.2, -0.15) is 0 Å². The fourth-order valence-electron chi connectivity index (χ4n) is 1.60. The lowest BCUT2D eigenvalue weighted by Crippen LogP contribution is -2.23. The summed E-state index contributed by atoms with van der Waals surface area (Å²) in [6.45, 7) is 4.67. The van der Waals surface area contributed by atoms with E-state index in [9.17, 15) is 0 Å². The fraction of sp³-hybridized carbons (Fsp3) is 0.500. The second-order valence-corrected chi connectivity index (χ2v) is 4.12. The quantitative estimate of drug-likeness (QED) is 0.455. The van der Waals surface area contributed by atoms with Crippen LogP contribution in [0.2, 0.25) is 0 Å². The van der Waals surface area contributed by atoms with Gasteiger partial charge in [0, 0.05) is 50.0 Å². The van der Waals surface area contributed by atoms with Gasteiger partial charge in [-0.1, -0.05) is 0 Å². The Morgan fingerprint density at radius 1 is 0.895 bits per heavy atom. The molecule has 104 valence electrons. The minimum atomic E-state index is 0.708. The van der Waals surface area contributed by atoms with Gasteiger partial charge in [0.2, 0.25) is 0 Å². The van der Waals surface area contributed by atoms with E-state index in [1.807, 2.05) is 12.4 Å². The van der Waals surface area contributed by atoms with Crippen molar-refractivity contribution in [2.75, 3.05) is 26.3 Å². The van der Waals surface area contributed by atoms with Crippen LogP contribution in [0.4, 0.5) is 0 Å². The van der Waals surface area contributed by atoms with E-state index in [-0.39, 0.29) is 0 Å². The molecule has 0 aliphatic rings. The van der Waals surface area contributed by atoms with Crippen LogP contribution in [0.15, 0.2) is 25.0 Å². The van der Waals surface area contributed by atoms with Gasteiger partial charge in [0.25, 0.3) is 0 Å². The first-order chi connectivity index (χ1) is 9.45. The van der Waals surface area contributed by atoms with Crippen LogP contribution in [0.1, 0.15) is 11.4 Å². The number of hydrogen-bond donors (Lipinski definition) is 4. The van der Waals surface area contributed by atoms with E-state index in [1.165, 1.54) is 0 Å². The van der Waals surface area contributed by atoms with Crippen molar-refractivity contribution in [1.82, 2.24) is 30.6 Å². The smallest absolute Gasteiger partial charge is 0.0922 e. The third kappa shape index (κ3) is 5.64. The van der Waals surface area contributed by atoms with Crippen molar-refractivity contribution >= 4 is 0 Å². The summed E-state index contributed by atoms with van der Waals surface area (Å²) in [7, 11) is 0. The number of hydrogen-bond acceptors (Lipinski definition) is 5. The standard InChI is InChI=1S/C12H20N6O/c1(13-5-11-7-15-9-17-11)3-19-4-2-14-6-12-8-16-10-18-12/h7-10,13-14H,1-6H2,(H,15,17)(H,16,18). The van der Waals surface area contributed by atoms with Crippen LogP contribution in [-0.2, 0) is 17.8 Å². The molecule has 7 nitrogen and oxygen atoms in total. The molecule has 0 aromatic carbocycles. The van der Waals surface area contributed by atoms with Crippen LogP contribution in [0, 0.1) is 0 Å². The Hall–Kier alpha value is -1.70. The highest BCUT2D eigenvalue weighted by Crippen LogP contribution is 1.89. The number of ether oxygens (including phenoxy) is 1. The Labute approximate surface area is 112 Å². The maximum Gasteiger partial charge on any atom is 0.0922 e. The molecule has 0 amide bonds. The first-order valence-electron chi connectivity index (χ1n) is 6.39. The fourth-order valence-corrected chi connectivity index (χ4v) is 1.60. The molecule has 0 bridgehead atoms. The summed E-state index contributed by atoms with van der Waals surface area (Å²) in [5.74, 6) is 0. The molecular formula is C12H20N6O. The molecule has 0 spiro atoms. The molecule has 4 N–H and O–H groups in total. The average molecular weight is 264 g/mol. The SMILES string of the molecule is c1ncc(CNCCOCCNCc2cnc[nH]2)[nH]1. The Morgan fingerprint density at radius 2 is 1.42 bits per heavy atom. The summed E-state index contributed by atoms with van der Waals surface area (Å²) in [5, 5.41) is 6.54. The van der Waals surface area contributed by atoms with Gasteiger partial charge in [-0.25, -0.2) is 9.97 Å². The van der Waals surface area contributed by atoms with Gasteiger partial charge >= 0.3 is 0 Å². The van der Waals surface area contributed by atoms with E-state index in [4.69, 9.17) is 4.74 Å².